The number of halogens is 1. The zero-order chi connectivity index (χ0) is 7.28. The van der Waals surface area contributed by atoms with Crippen LogP contribution in [0.5, 0.6) is 0 Å². The third-order valence-electron chi connectivity index (χ3n) is 1.03. The van der Waals surface area contributed by atoms with Gasteiger partial charge in [-0.2, -0.15) is 0 Å². The van der Waals surface area contributed by atoms with Crippen LogP contribution in [0.4, 0.5) is 0 Å². The van der Waals surface area contributed by atoms with Crippen LogP contribution in [0, 0.1) is 0 Å². The van der Waals surface area contributed by atoms with Gasteiger partial charge in [0.1, 0.15) is 6.10 Å². The van der Waals surface area contributed by atoms with Crippen LogP contribution in [0.3, 0.4) is 0 Å². The van der Waals surface area contributed by atoms with Gasteiger partial charge in [0.05, 0.1) is 0 Å². The molecule has 2 nitrogen and oxygen atoms in total. The first-order chi connectivity index (χ1) is 4.22. The molecule has 0 aromatic heterocycles. The van der Waals surface area contributed by atoms with Gasteiger partial charge in [-0.25, -0.2) is 4.89 Å². The summed E-state index contributed by atoms with van der Waals surface area (Å²) >= 11 is 5.44. The molecule has 0 bridgehead atoms. The Morgan fingerprint density at radius 3 is 2.56 bits per heavy atom. The molecule has 0 spiro atoms. The van der Waals surface area contributed by atoms with Crippen molar-refractivity contribution in [2.45, 2.75) is 25.9 Å². The van der Waals surface area contributed by atoms with Gasteiger partial charge in [-0.3, -0.25) is 5.26 Å². The molecule has 0 saturated heterocycles. The predicted octanol–water partition coefficient (Wildman–Crippen LogP) is 2.40. The largest absolute Gasteiger partial charge is 0.251 e. The van der Waals surface area contributed by atoms with Gasteiger partial charge < -0.3 is 0 Å². The molecule has 0 aromatic carbocycles. The van der Waals surface area contributed by atoms with Crippen molar-refractivity contribution in [3.63, 3.8) is 0 Å². The van der Waals surface area contributed by atoms with Crippen LogP contribution in [0.15, 0.2) is 11.6 Å². The van der Waals surface area contributed by atoms with Crippen LogP contribution >= 0.6 is 11.6 Å². The molecule has 0 aromatic rings. The molecule has 0 aliphatic heterocycles. The Morgan fingerprint density at radius 1 is 1.89 bits per heavy atom. The summed E-state index contributed by atoms with van der Waals surface area (Å²) in [5, 5.41) is 8.53. The molecule has 0 rings (SSSR count). The third kappa shape index (κ3) is 3.51. The van der Waals surface area contributed by atoms with Crippen molar-refractivity contribution < 1.29 is 10.1 Å². The number of hydrogen-bond donors (Lipinski definition) is 1. The van der Waals surface area contributed by atoms with Crippen molar-refractivity contribution in [3.8, 4) is 0 Å². The lowest BCUT2D eigenvalue weighted by atomic mass is 10.2. The molecule has 0 aliphatic carbocycles. The van der Waals surface area contributed by atoms with Gasteiger partial charge in [0.25, 0.3) is 0 Å². The first-order valence-electron chi connectivity index (χ1n) is 2.86. The second kappa shape index (κ2) is 4.79. The topological polar surface area (TPSA) is 29.5 Å². The minimum absolute atomic E-state index is 0.347. The molecule has 0 heterocycles. The average Bonchev–Trinajstić information content (AvgIpc) is 1.82. The van der Waals surface area contributed by atoms with E-state index < -0.39 is 6.10 Å². The lowest BCUT2D eigenvalue weighted by Gasteiger charge is -2.08. The van der Waals surface area contributed by atoms with Gasteiger partial charge >= 0.3 is 0 Å². The Labute approximate surface area is 60.0 Å². The summed E-state index contributed by atoms with van der Waals surface area (Å²) in [6.45, 7) is 5.40. The quantitative estimate of drug-likeness (QED) is 0.493. The highest BCUT2D eigenvalue weighted by molar-refractivity contribution is 6.29. The molecule has 1 atom stereocenters. The predicted molar refractivity (Wildman–Crippen MR) is 37.4 cm³/mol. The summed E-state index contributed by atoms with van der Waals surface area (Å²) in [5.41, 5.74) is 0. The third-order valence-corrected chi connectivity index (χ3v) is 1.27. The minimum Gasteiger partial charge on any atom is -0.251 e. The van der Waals surface area contributed by atoms with Gasteiger partial charge in [0.15, 0.2) is 0 Å². The maximum Gasteiger partial charge on any atom is 0.127 e. The molecule has 0 fully saturated rings. The van der Waals surface area contributed by atoms with Crippen molar-refractivity contribution >= 4 is 11.6 Å². The van der Waals surface area contributed by atoms with Crippen LogP contribution in [0.2, 0.25) is 0 Å². The highest BCUT2D eigenvalue weighted by atomic mass is 35.5. The molecule has 3 heteroatoms. The zero-order valence-electron chi connectivity index (χ0n) is 5.43. The SMILES string of the molecule is C=C(Cl)C(CCC)OO. The Morgan fingerprint density at radius 2 is 2.44 bits per heavy atom. The maximum absolute atomic E-state index is 8.18. The Bertz CT molecular complexity index is 93.1. The molecule has 9 heavy (non-hydrogen) atoms. The van der Waals surface area contributed by atoms with Crippen LogP contribution in [-0.4, -0.2) is 11.4 Å². The summed E-state index contributed by atoms with van der Waals surface area (Å²) in [7, 11) is 0. The molecule has 0 radical (unpaired) electrons. The molecule has 1 N–H and O–H groups in total. The highest BCUT2D eigenvalue weighted by Crippen LogP contribution is 2.12. The van der Waals surface area contributed by atoms with E-state index in [4.69, 9.17) is 16.9 Å². The Kier molecular flexibility index (Phi) is 4.77. The minimum atomic E-state index is -0.406. The van der Waals surface area contributed by atoms with Gasteiger partial charge in [0, 0.05) is 5.03 Å². The number of hydrogen-bond acceptors (Lipinski definition) is 2. The first-order valence-corrected chi connectivity index (χ1v) is 3.24. The van der Waals surface area contributed by atoms with Crippen molar-refractivity contribution in [2.24, 2.45) is 0 Å². The zero-order valence-corrected chi connectivity index (χ0v) is 6.19. The standard InChI is InChI=1S/C6H11ClO2/c1-3-4-6(9-8)5(2)7/h6,8H,2-4H2,1H3. The van der Waals surface area contributed by atoms with Crippen LogP contribution < -0.4 is 0 Å². The summed E-state index contributed by atoms with van der Waals surface area (Å²) in [5.74, 6) is 0. The van der Waals surface area contributed by atoms with E-state index in [2.05, 4.69) is 11.5 Å². The Hall–Kier alpha value is -0.0500. The fourth-order valence-electron chi connectivity index (χ4n) is 0.529. The highest BCUT2D eigenvalue weighted by Gasteiger charge is 2.08. The van der Waals surface area contributed by atoms with Crippen molar-refractivity contribution in [1.29, 1.82) is 0 Å². The van der Waals surface area contributed by atoms with E-state index in [1.165, 1.54) is 0 Å². The summed E-state index contributed by atoms with van der Waals surface area (Å²) < 4.78 is 0. The van der Waals surface area contributed by atoms with Crippen molar-refractivity contribution in [1.82, 2.24) is 0 Å². The van der Waals surface area contributed by atoms with E-state index in [0.717, 1.165) is 6.42 Å². The smallest absolute Gasteiger partial charge is 0.127 e. The van der Waals surface area contributed by atoms with Crippen molar-refractivity contribution in [2.75, 3.05) is 0 Å². The Balaban J connectivity index is 3.54. The van der Waals surface area contributed by atoms with E-state index in [-0.39, 0.29) is 0 Å². The van der Waals surface area contributed by atoms with Gasteiger partial charge in [-0.15, -0.1) is 0 Å². The second-order valence-electron chi connectivity index (χ2n) is 1.83. The second-order valence-corrected chi connectivity index (χ2v) is 2.32. The maximum atomic E-state index is 8.18. The fraction of sp³-hybridized carbons (Fsp3) is 0.667. The molecular formula is C6H11ClO2. The van der Waals surface area contributed by atoms with Gasteiger partial charge in [0.2, 0.25) is 0 Å². The monoisotopic (exact) mass is 150 g/mol. The van der Waals surface area contributed by atoms with E-state index in [1.54, 1.807) is 0 Å². The van der Waals surface area contributed by atoms with Crippen LogP contribution in [0.1, 0.15) is 19.8 Å². The van der Waals surface area contributed by atoms with Crippen LogP contribution in [0.25, 0.3) is 0 Å². The van der Waals surface area contributed by atoms with E-state index in [9.17, 15) is 0 Å². The summed E-state index contributed by atoms with van der Waals surface area (Å²) in [4.78, 5) is 4.02. The molecule has 0 saturated carbocycles. The van der Waals surface area contributed by atoms with E-state index in [0.29, 0.717) is 11.5 Å². The average molecular weight is 151 g/mol. The summed E-state index contributed by atoms with van der Waals surface area (Å²) in [6, 6.07) is 0. The lowest BCUT2D eigenvalue weighted by molar-refractivity contribution is -0.268. The van der Waals surface area contributed by atoms with Gasteiger partial charge in [-0.05, 0) is 6.42 Å². The van der Waals surface area contributed by atoms with Gasteiger partial charge in [-0.1, -0.05) is 31.5 Å². The fourth-order valence-corrected chi connectivity index (χ4v) is 0.678. The lowest BCUT2D eigenvalue weighted by Crippen LogP contribution is -2.09. The van der Waals surface area contributed by atoms with Crippen LogP contribution in [-0.2, 0) is 4.89 Å². The normalized spacial score (nSPS) is 13.2. The molecule has 0 amide bonds. The molecular weight excluding hydrogens is 140 g/mol. The van der Waals surface area contributed by atoms with Crippen molar-refractivity contribution in [3.05, 3.63) is 11.6 Å². The number of rotatable bonds is 4. The molecule has 0 aliphatic rings. The van der Waals surface area contributed by atoms with E-state index >= 15 is 0 Å². The van der Waals surface area contributed by atoms with E-state index in [1.807, 2.05) is 6.92 Å². The molecule has 54 valence electrons. The molecule has 1 unspecified atom stereocenters. The summed E-state index contributed by atoms with van der Waals surface area (Å²) in [6.07, 6.45) is 1.21. The first kappa shape index (κ1) is 8.95.